The first-order valence-electron chi connectivity index (χ1n) is 6.31. The van der Waals surface area contributed by atoms with Gasteiger partial charge in [-0.1, -0.05) is 0 Å². The average Bonchev–Trinajstić information content (AvgIpc) is 2.78. The molecule has 0 saturated heterocycles. The van der Waals surface area contributed by atoms with Crippen LogP contribution < -0.4 is 5.32 Å². The first-order valence-corrected chi connectivity index (χ1v) is 7.13. The Labute approximate surface area is 117 Å². The van der Waals surface area contributed by atoms with E-state index in [-0.39, 0.29) is 11.4 Å². The first-order chi connectivity index (χ1) is 8.85. The van der Waals surface area contributed by atoms with Crippen molar-refractivity contribution < 1.29 is 4.39 Å². The number of nitrogens with one attached hydrogen (secondary N) is 1. The Morgan fingerprint density at radius 2 is 2.05 bits per heavy atom. The van der Waals surface area contributed by atoms with Crippen molar-refractivity contribution in [2.45, 2.75) is 39.8 Å². The molecule has 0 spiro atoms. The molecular formula is C15H19FN2S. The number of nitrogens with zero attached hydrogens (tertiary/aromatic N) is 1. The van der Waals surface area contributed by atoms with E-state index in [9.17, 15) is 4.39 Å². The zero-order valence-corrected chi connectivity index (χ0v) is 12.6. The Hall–Kier alpha value is -1.26. The fourth-order valence-electron chi connectivity index (χ4n) is 1.65. The molecule has 19 heavy (non-hydrogen) atoms. The molecule has 0 fully saturated rings. The van der Waals surface area contributed by atoms with Crippen molar-refractivity contribution in [2.75, 3.05) is 0 Å². The summed E-state index contributed by atoms with van der Waals surface area (Å²) in [6.45, 7) is 8.99. The van der Waals surface area contributed by atoms with Gasteiger partial charge in [-0.15, -0.1) is 11.3 Å². The van der Waals surface area contributed by atoms with E-state index in [0.29, 0.717) is 5.56 Å². The molecule has 0 aliphatic heterocycles. The highest BCUT2D eigenvalue weighted by molar-refractivity contribution is 7.15. The molecule has 0 radical (unpaired) electrons. The molecule has 1 heterocycles. The summed E-state index contributed by atoms with van der Waals surface area (Å²) in [6, 6.07) is 5.12. The Kier molecular flexibility index (Phi) is 4.02. The smallest absolute Gasteiger partial charge is 0.126 e. The van der Waals surface area contributed by atoms with E-state index in [0.717, 1.165) is 17.1 Å². The van der Waals surface area contributed by atoms with Crippen LogP contribution in [0.5, 0.6) is 0 Å². The van der Waals surface area contributed by atoms with E-state index in [1.54, 1.807) is 24.3 Å². The molecule has 4 heteroatoms. The van der Waals surface area contributed by atoms with Crippen molar-refractivity contribution in [1.82, 2.24) is 10.3 Å². The average molecular weight is 278 g/mol. The van der Waals surface area contributed by atoms with Gasteiger partial charge in [0, 0.05) is 28.7 Å². The van der Waals surface area contributed by atoms with Crippen molar-refractivity contribution in [3.05, 3.63) is 40.7 Å². The van der Waals surface area contributed by atoms with Crippen LogP contribution in [0.25, 0.3) is 10.6 Å². The molecule has 1 aromatic carbocycles. The van der Waals surface area contributed by atoms with Crippen LogP contribution in [-0.2, 0) is 6.54 Å². The second kappa shape index (κ2) is 5.39. The molecule has 2 nitrogen and oxygen atoms in total. The fraction of sp³-hybridized carbons (Fsp3) is 0.400. The molecule has 0 unspecified atom stereocenters. The lowest BCUT2D eigenvalue weighted by molar-refractivity contribution is 0.426. The van der Waals surface area contributed by atoms with Crippen LogP contribution in [0.2, 0.25) is 0 Å². The lowest BCUT2D eigenvalue weighted by Gasteiger charge is -2.19. The monoisotopic (exact) mass is 278 g/mol. The Balaban J connectivity index is 2.14. The molecule has 0 bridgehead atoms. The van der Waals surface area contributed by atoms with Crippen molar-refractivity contribution in [2.24, 2.45) is 0 Å². The summed E-state index contributed by atoms with van der Waals surface area (Å²) in [4.78, 5) is 5.60. The number of hydrogen-bond acceptors (Lipinski definition) is 3. The zero-order valence-electron chi connectivity index (χ0n) is 11.7. The minimum Gasteiger partial charge on any atom is -0.307 e. The number of halogens is 1. The van der Waals surface area contributed by atoms with E-state index in [1.165, 1.54) is 10.9 Å². The molecule has 1 aromatic heterocycles. The Morgan fingerprint density at radius 3 is 2.68 bits per heavy atom. The van der Waals surface area contributed by atoms with Gasteiger partial charge in [-0.2, -0.15) is 0 Å². The summed E-state index contributed by atoms with van der Waals surface area (Å²) in [5.74, 6) is -0.171. The normalized spacial score (nSPS) is 11.8. The van der Waals surface area contributed by atoms with E-state index in [1.807, 2.05) is 12.3 Å². The minimum absolute atomic E-state index is 0.0939. The third-order valence-corrected chi connectivity index (χ3v) is 3.80. The molecule has 2 rings (SSSR count). The second-order valence-corrected chi connectivity index (χ2v) is 6.81. The van der Waals surface area contributed by atoms with Crippen molar-refractivity contribution >= 4 is 11.3 Å². The molecule has 0 atom stereocenters. The highest BCUT2D eigenvalue weighted by atomic mass is 32.1. The minimum atomic E-state index is -0.171. The topological polar surface area (TPSA) is 24.9 Å². The zero-order chi connectivity index (χ0) is 14.0. The summed E-state index contributed by atoms with van der Waals surface area (Å²) in [7, 11) is 0. The Morgan fingerprint density at radius 1 is 1.32 bits per heavy atom. The van der Waals surface area contributed by atoms with Crippen LogP contribution in [0.4, 0.5) is 4.39 Å². The second-order valence-electron chi connectivity index (χ2n) is 5.70. The molecular weight excluding hydrogens is 259 g/mol. The van der Waals surface area contributed by atoms with Gasteiger partial charge < -0.3 is 5.32 Å². The summed E-state index contributed by atoms with van der Waals surface area (Å²) in [5, 5.41) is 4.37. The van der Waals surface area contributed by atoms with E-state index < -0.39 is 0 Å². The summed E-state index contributed by atoms with van der Waals surface area (Å²) >= 11 is 1.65. The number of benzene rings is 1. The van der Waals surface area contributed by atoms with Gasteiger partial charge in [-0.05, 0) is 51.5 Å². The maximum atomic E-state index is 13.2. The lowest BCUT2D eigenvalue weighted by Crippen LogP contribution is -2.34. The molecule has 2 aromatic rings. The lowest BCUT2D eigenvalue weighted by atomic mass is 10.1. The van der Waals surface area contributed by atoms with E-state index in [2.05, 4.69) is 31.1 Å². The molecule has 0 aliphatic rings. The van der Waals surface area contributed by atoms with Crippen LogP contribution in [0.3, 0.4) is 0 Å². The predicted molar refractivity (Wildman–Crippen MR) is 78.8 cm³/mol. The summed E-state index contributed by atoms with van der Waals surface area (Å²) in [5.41, 5.74) is 1.73. The number of aromatic nitrogens is 1. The SMILES string of the molecule is Cc1cc(-c2ncc(CNC(C)(C)C)s2)ccc1F. The number of thiazole rings is 1. The number of hydrogen-bond donors (Lipinski definition) is 1. The van der Waals surface area contributed by atoms with Gasteiger partial charge in [0.05, 0.1) is 0 Å². The summed E-state index contributed by atoms with van der Waals surface area (Å²) in [6.07, 6.45) is 1.89. The van der Waals surface area contributed by atoms with Crippen LogP contribution in [0.15, 0.2) is 24.4 Å². The fourth-order valence-corrected chi connectivity index (χ4v) is 2.50. The van der Waals surface area contributed by atoms with Gasteiger partial charge in [-0.3, -0.25) is 0 Å². The summed E-state index contributed by atoms with van der Waals surface area (Å²) < 4.78 is 13.2. The molecule has 0 aliphatic carbocycles. The number of rotatable bonds is 3. The first kappa shape index (κ1) is 14.2. The van der Waals surface area contributed by atoms with Gasteiger partial charge in [0.15, 0.2) is 0 Å². The van der Waals surface area contributed by atoms with E-state index >= 15 is 0 Å². The van der Waals surface area contributed by atoms with Gasteiger partial charge in [0.1, 0.15) is 10.8 Å². The molecule has 0 amide bonds. The van der Waals surface area contributed by atoms with Gasteiger partial charge in [0.25, 0.3) is 0 Å². The predicted octanol–water partition coefficient (Wildman–Crippen LogP) is 4.15. The maximum absolute atomic E-state index is 13.2. The highest BCUT2D eigenvalue weighted by Crippen LogP contribution is 2.26. The maximum Gasteiger partial charge on any atom is 0.126 e. The third-order valence-electron chi connectivity index (χ3n) is 2.75. The van der Waals surface area contributed by atoms with Crippen LogP contribution in [-0.4, -0.2) is 10.5 Å². The standard InChI is InChI=1S/C15H19FN2S/c1-10-7-11(5-6-13(10)16)14-17-8-12(19-14)9-18-15(2,3)4/h5-8,18H,9H2,1-4H3. The van der Waals surface area contributed by atoms with Crippen molar-refractivity contribution in [3.8, 4) is 10.6 Å². The van der Waals surface area contributed by atoms with Gasteiger partial charge >= 0.3 is 0 Å². The van der Waals surface area contributed by atoms with Crippen LogP contribution in [0, 0.1) is 12.7 Å². The van der Waals surface area contributed by atoms with E-state index in [4.69, 9.17) is 0 Å². The highest BCUT2D eigenvalue weighted by Gasteiger charge is 2.11. The van der Waals surface area contributed by atoms with Crippen LogP contribution >= 0.6 is 11.3 Å². The largest absolute Gasteiger partial charge is 0.307 e. The quantitative estimate of drug-likeness (QED) is 0.912. The Bertz CT molecular complexity index is 570. The van der Waals surface area contributed by atoms with Crippen LogP contribution in [0.1, 0.15) is 31.2 Å². The molecule has 102 valence electrons. The third kappa shape index (κ3) is 3.85. The van der Waals surface area contributed by atoms with Crippen molar-refractivity contribution in [1.29, 1.82) is 0 Å². The number of aryl methyl sites for hydroxylation is 1. The van der Waals surface area contributed by atoms with Crippen molar-refractivity contribution in [3.63, 3.8) is 0 Å². The van der Waals surface area contributed by atoms with Gasteiger partial charge in [-0.25, -0.2) is 9.37 Å². The molecule has 0 saturated carbocycles. The molecule has 1 N–H and O–H groups in total. The van der Waals surface area contributed by atoms with Gasteiger partial charge in [0.2, 0.25) is 0 Å².